The lowest BCUT2D eigenvalue weighted by atomic mass is 9.98. The lowest BCUT2D eigenvalue weighted by Gasteiger charge is -2.29. The second-order valence-corrected chi connectivity index (χ2v) is 2.95. The molecular formula is C7H17NO2. The molecule has 3 N–H and O–H groups in total. The summed E-state index contributed by atoms with van der Waals surface area (Å²) in [6.07, 6.45) is -0.688. The van der Waals surface area contributed by atoms with E-state index in [4.69, 9.17) is 5.11 Å². The van der Waals surface area contributed by atoms with Crippen LogP contribution in [0.25, 0.3) is 0 Å². The van der Waals surface area contributed by atoms with Gasteiger partial charge < -0.3 is 15.5 Å². The molecule has 0 aromatic heterocycles. The molecule has 0 aliphatic carbocycles. The highest BCUT2D eigenvalue weighted by atomic mass is 16.3. The number of hydrogen-bond acceptors (Lipinski definition) is 3. The normalized spacial score (nSPS) is 15.3. The maximum Gasteiger partial charge on any atom is 0.0946 e. The zero-order chi connectivity index (χ0) is 8.20. The Balaban J connectivity index is 3.82. The Morgan fingerprint density at radius 2 is 2.00 bits per heavy atom. The van der Waals surface area contributed by atoms with Crippen molar-refractivity contribution in [3.05, 3.63) is 0 Å². The maximum absolute atomic E-state index is 9.20. The highest BCUT2D eigenvalue weighted by Gasteiger charge is 2.25. The first-order valence-electron chi connectivity index (χ1n) is 3.58. The summed E-state index contributed by atoms with van der Waals surface area (Å²) in [5.74, 6) is 0. The van der Waals surface area contributed by atoms with E-state index in [2.05, 4.69) is 5.32 Å². The van der Waals surface area contributed by atoms with Gasteiger partial charge in [0, 0.05) is 5.54 Å². The summed E-state index contributed by atoms with van der Waals surface area (Å²) >= 11 is 0. The molecule has 0 saturated heterocycles. The molecule has 1 unspecified atom stereocenters. The fourth-order valence-electron chi connectivity index (χ4n) is 0.802. The van der Waals surface area contributed by atoms with Crippen LogP contribution in [0.4, 0.5) is 0 Å². The van der Waals surface area contributed by atoms with Gasteiger partial charge >= 0.3 is 0 Å². The first-order valence-corrected chi connectivity index (χ1v) is 3.58. The lowest BCUT2D eigenvalue weighted by Crippen LogP contribution is -2.50. The van der Waals surface area contributed by atoms with Gasteiger partial charge in [-0.1, -0.05) is 6.92 Å². The standard InChI is InChI=1S/C7H17NO2/c1-4-8-7(2,3)6(10)5-9/h6,8-10H,4-5H2,1-3H3. The Bertz CT molecular complexity index is 93.6. The van der Waals surface area contributed by atoms with E-state index in [0.717, 1.165) is 6.54 Å². The maximum atomic E-state index is 9.20. The van der Waals surface area contributed by atoms with Gasteiger partial charge in [0.2, 0.25) is 0 Å². The molecule has 0 aromatic rings. The molecule has 1 atom stereocenters. The zero-order valence-corrected chi connectivity index (χ0v) is 6.89. The number of aliphatic hydroxyl groups is 2. The van der Waals surface area contributed by atoms with Crippen LogP contribution in [0, 0.1) is 0 Å². The van der Waals surface area contributed by atoms with Crippen LogP contribution in [0.3, 0.4) is 0 Å². The Labute approximate surface area is 62.1 Å². The molecule has 0 aromatic carbocycles. The van der Waals surface area contributed by atoms with Crippen molar-refractivity contribution >= 4 is 0 Å². The first-order chi connectivity index (χ1) is 4.54. The highest BCUT2D eigenvalue weighted by Crippen LogP contribution is 2.07. The van der Waals surface area contributed by atoms with Crippen molar-refractivity contribution in [2.45, 2.75) is 32.4 Å². The molecule has 0 bridgehead atoms. The molecule has 0 aliphatic heterocycles. The summed E-state index contributed by atoms with van der Waals surface area (Å²) in [5.41, 5.74) is -0.385. The van der Waals surface area contributed by atoms with E-state index >= 15 is 0 Å². The minimum atomic E-state index is -0.688. The minimum absolute atomic E-state index is 0.194. The monoisotopic (exact) mass is 147 g/mol. The van der Waals surface area contributed by atoms with Crippen molar-refractivity contribution in [3.63, 3.8) is 0 Å². The number of hydrogen-bond donors (Lipinski definition) is 3. The van der Waals surface area contributed by atoms with Gasteiger partial charge in [0.25, 0.3) is 0 Å². The van der Waals surface area contributed by atoms with E-state index in [9.17, 15) is 5.11 Å². The van der Waals surface area contributed by atoms with Gasteiger partial charge in [-0.25, -0.2) is 0 Å². The van der Waals surface area contributed by atoms with Crippen molar-refractivity contribution in [1.82, 2.24) is 5.32 Å². The topological polar surface area (TPSA) is 52.5 Å². The molecule has 0 spiro atoms. The third-order valence-corrected chi connectivity index (χ3v) is 1.64. The van der Waals surface area contributed by atoms with Crippen LogP contribution in [-0.4, -0.2) is 35.0 Å². The molecule has 0 radical (unpaired) electrons. The summed E-state index contributed by atoms with van der Waals surface area (Å²) in [4.78, 5) is 0. The summed E-state index contributed by atoms with van der Waals surface area (Å²) in [6.45, 7) is 6.28. The minimum Gasteiger partial charge on any atom is -0.394 e. The fourth-order valence-corrected chi connectivity index (χ4v) is 0.802. The van der Waals surface area contributed by atoms with Gasteiger partial charge in [0.05, 0.1) is 12.7 Å². The third-order valence-electron chi connectivity index (χ3n) is 1.64. The predicted octanol–water partition coefficient (Wildman–Crippen LogP) is -0.272. The molecule has 0 fully saturated rings. The van der Waals surface area contributed by atoms with E-state index in [0.29, 0.717) is 0 Å². The molecule has 3 heteroatoms. The summed E-state index contributed by atoms with van der Waals surface area (Å²) < 4.78 is 0. The van der Waals surface area contributed by atoms with Crippen molar-refractivity contribution in [2.24, 2.45) is 0 Å². The number of nitrogens with one attached hydrogen (secondary N) is 1. The second kappa shape index (κ2) is 3.91. The molecule has 0 rings (SSSR count). The van der Waals surface area contributed by atoms with E-state index in [-0.39, 0.29) is 12.1 Å². The van der Waals surface area contributed by atoms with Crippen molar-refractivity contribution < 1.29 is 10.2 Å². The molecular weight excluding hydrogens is 130 g/mol. The van der Waals surface area contributed by atoms with Gasteiger partial charge in [-0.2, -0.15) is 0 Å². The Morgan fingerprint density at radius 1 is 1.50 bits per heavy atom. The van der Waals surface area contributed by atoms with Crippen molar-refractivity contribution in [2.75, 3.05) is 13.2 Å². The summed E-state index contributed by atoms with van der Waals surface area (Å²) in [5, 5.41) is 20.9. The second-order valence-electron chi connectivity index (χ2n) is 2.95. The summed E-state index contributed by atoms with van der Waals surface area (Å²) in [7, 11) is 0. The molecule has 3 nitrogen and oxygen atoms in total. The van der Waals surface area contributed by atoms with Crippen molar-refractivity contribution in [1.29, 1.82) is 0 Å². The van der Waals surface area contributed by atoms with E-state index in [1.807, 2.05) is 20.8 Å². The quantitative estimate of drug-likeness (QED) is 0.513. The highest BCUT2D eigenvalue weighted by molar-refractivity contribution is 4.84. The number of likely N-dealkylation sites (N-methyl/N-ethyl adjacent to an activating group) is 1. The van der Waals surface area contributed by atoms with Crippen LogP contribution in [0.1, 0.15) is 20.8 Å². The molecule has 0 saturated carbocycles. The average Bonchev–Trinajstić information content (AvgIpc) is 1.86. The van der Waals surface area contributed by atoms with Crippen LogP contribution in [0.5, 0.6) is 0 Å². The van der Waals surface area contributed by atoms with Gasteiger partial charge in [-0.15, -0.1) is 0 Å². The van der Waals surface area contributed by atoms with Gasteiger partial charge in [0.15, 0.2) is 0 Å². The Hall–Kier alpha value is -0.120. The SMILES string of the molecule is CCNC(C)(C)C(O)CO. The Morgan fingerprint density at radius 3 is 2.30 bits per heavy atom. The number of rotatable bonds is 4. The van der Waals surface area contributed by atoms with E-state index < -0.39 is 6.10 Å². The summed E-state index contributed by atoms with van der Waals surface area (Å²) in [6, 6.07) is 0. The third kappa shape index (κ3) is 2.64. The predicted molar refractivity (Wildman–Crippen MR) is 40.8 cm³/mol. The van der Waals surface area contributed by atoms with Crippen LogP contribution in [0.2, 0.25) is 0 Å². The molecule has 0 heterocycles. The molecule has 62 valence electrons. The van der Waals surface area contributed by atoms with Gasteiger partial charge in [-0.05, 0) is 20.4 Å². The molecule has 10 heavy (non-hydrogen) atoms. The van der Waals surface area contributed by atoms with Crippen molar-refractivity contribution in [3.8, 4) is 0 Å². The molecule has 0 amide bonds. The van der Waals surface area contributed by atoms with Gasteiger partial charge in [-0.3, -0.25) is 0 Å². The average molecular weight is 147 g/mol. The van der Waals surface area contributed by atoms with E-state index in [1.54, 1.807) is 0 Å². The van der Waals surface area contributed by atoms with Gasteiger partial charge in [0.1, 0.15) is 0 Å². The number of aliphatic hydroxyl groups excluding tert-OH is 2. The lowest BCUT2D eigenvalue weighted by molar-refractivity contribution is 0.0294. The molecule has 0 aliphatic rings. The Kier molecular flexibility index (Phi) is 3.86. The van der Waals surface area contributed by atoms with E-state index in [1.165, 1.54) is 0 Å². The zero-order valence-electron chi connectivity index (χ0n) is 6.89. The van der Waals surface area contributed by atoms with Crippen LogP contribution in [-0.2, 0) is 0 Å². The smallest absolute Gasteiger partial charge is 0.0946 e. The fraction of sp³-hybridized carbons (Fsp3) is 1.00. The first kappa shape index (κ1) is 9.88. The van der Waals surface area contributed by atoms with Crippen LogP contribution >= 0.6 is 0 Å². The van der Waals surface area contributed by atoms with Crippen LogP contribution in [0.15, 0.2) is 0 Å². The van der Waals surface area contributed by atoms with Crippen LogP contribution < -0.4 is 5.32 Å². The largest absolute Gasteiger partial charge is 0.394 e.